The monoisotopic (exact) mass is 401 g/mol. The van der Waals surface area contributed by atoms with Gasteiger partial charge in [0, 0.05) is 10.7 Å². The van der Waals surface area contributed by atoms with Gasteiger partial charge < -0.3 is 5.11 Å². The third kappa shape index (κ3) is 6.47. The van der Waals surface area contributed by atoms with Crippen LogP contribution >= 0.6 is 36.3 Å². The Labute approximate surface area is 105 Å². The summed E-state index contributed by atoms with van der Waals surface area (Å²) < 4.78 is 0.923. The number of rotatable bonds is 0. The minimum absolute atomic E-state index is 0.127. The Morgan fingerprint density at radius 2 is 2.23 bits per heavy atom. The van der Waals surface area contributed by atoms with Crippen molar-refractivity contribution in [2.75, 3.05) is 6.61 Å². The second-order valence-corrected chi connectivity index (χ2v) is 2.74. The normalized spacial score (nSPS) is 7.77. The van der Waals surface area contributed by atoms with Gasteiger partial charge in [0.05, 0.1) is 0 Å². The number of aromatic nitrogens is 1. The van der Waals surface area contributed by atoms with Gasteiger partial charge in [-0.3, -0.25) is 0 Å². The van der Waals surface area contributed by atoms with Gasteiger partial charge in [0.1, 0.15) is 12.3 Å². The van der Waals surface area contributed by atoms with E-state index in [1.54, 1.807) is 32.6 Å². The molecule has 0 aromatic carbocycles. The zero-order valence-electron chi connectivity index (χ0n) is 6.39. The first-order chi connectivity index (χ1) is 6.33. The van der Waals surface area contributed by atoms with Crippen LogP contribution < -0.4 is 0 Å². The molecule has 0 atom stereocenters. The Morgan fingerprint density at radius 3 is 2.69 bits per heavy atom. The predicted molar refractivity (Wildman–Crippen MR) is 59.9 cm³/mol. The summed E-state index contributed by atoms with van der Waals surface area (Å²) in [6.07, 6.45) is 1.67. The van der Waals surface area contributed by atoms with Crippen LogP contribution in [-0.2, 0) is 12.8 Å². The van der Waals surface area contributed by atoms with Crippen LogP contribution in [0.4, 0.5) is 0 Å². The van der Waals surface area contributed by atoms with Crippen LogP contribution in [0.1, 0.15) is 5.69 Å². The van der Waals surface area contributed by atoms with E-state index in [1.165, 1.54) is 0 Å². The third-order valence-electron chi connectivity index (χ3n) is 1.02. The molecule has 0 bridgehead atoms. The summed E-state index contributed by atoms with van der Waals surface area (Å²) in [6, 6.07) is 3.64. The second-order valence-electron chi connectivity index (χ2n) is 1.82. The molecule has 0 aliphatic carbocycles. The molecule has 74 valence electrons. The van der Waals surface area contributed by atoms with Crippen molar-refractivity contribution in [2.45, 2.75) is 0 Å². The first kappa shape index (κ1) is 13.4. The van der Waals surface area contributed by atoms with Gasteiger partial charge in [0.2, 0.25) is 0 Å². The van der Waals surface area contributed by atoms with E-state index in [0.29, 0.717) is 5.69 Å². The molecule has 13 heavy (non-hydrogen) atoms. The van der Waals surface area contributed by atoms with Crippen LogP contribution in [0.3, 0.4) is 0 Å². The molecule has 0 saturated heterocycles. The van der Waals surface area contributed by atoms with Crippen LogP contribution in [0.2, 0.25) is 0 Å². The van der Waals surface area contributed by atoms with Gasteiger partial charge in [-0.1, -0.05) is 5.92 Å². The van der Waals surface area contributed by atoms with Crippen molar-refractivity contribution in [3.05, 3.63) is 28.5 Å². The topological polar surface area (TPSA) is 33.1 Å². The van der Waals surface area contributed by atoms with Gasteiger partial charge in [-0.25, -0.2) is 4.98 Å². The van der Waals surface area contributed by atoms with Gasteiger partial charge >= 0.3 is 33.1 Å². The van der Waals surface area contributed by atoms with Crippen LogP contribution in [0.5, 0.6) is 0 Å². The summed E-state index contributed by atoms with van der Waals surface area (Å²) in [5, 5.41) is 8.37. The number of hydrogen-bond acceptors (Lipinski definition) is 2. The molecule has 0 radical (unpaired) electrons. The van der Waals surface area contributed by atoms with Gasteiger partial charge in [-0.05, 0) is 34.0 Å². The summed E-state index contributed by atoms with van der Waals surface area (Å²) in [5.41, 5.74) is 0.669. The quantitative estimate of drug-likeness (QED) is 0.410. The van der Waals surface area contributed by atoms with Crippen LogP contribution in [0.25, 0.3) is 0 Å². The molecular formula is C8H6BrCuINO. The van der Waals surface area contributed by atoms with Crippen molar-refractivity contribution in [2.24, 2.45) is 0 Å². The van der Waals surface area contributed by atoms with Crippen molar-refractivity contribution < 1.29 is 17.9 Å². The van der Waals surface area contributed by atoms with Crippen LogP contribution in [0, 0.1) is 11.8 Å². The molecule has 1 N–H and O–H groups in total. The van der Waals surface area contributed by atoms with Gasteiger partial charge in [-0.15, -0.1) is 0 Å². The SMILES string of the molecule is OCC#Cc1ccc(Br)cn1.[Cu][I]. The molecule has 0 amide bonds. The number of aliphatic hydroxyl groups is 1. The molecule has 0 saturated carbocycles. The van der Waals surface area contributed by atoms with E-state index in [0.717, 1.165) is 4.47 Å². The van der Waals surface area contributed by atoms with E-state index in [9.17, 15) is 0 Å². The molecule has 0 aliphatic rings. The Balaban J connectivity index is 0.000000671. The molecule has 1 aromatic rings. The molecule has 0 aliphatic heterocycles. The summed E-state index contributed by atoms with van der Waals surface area (Å²) in [5.74, 6) is 5.20. The maximum atomic E-state index is 8.37. The molecular weight excluding hydrogens is 396 g/mol. The summed E-state index contributed by atoms with van der Waals surface area (Å²) >= 11 is 9.12. The second kappa shape index (κ2) is 8.97. The summed E-state index contributed by atoms with van der Waals surface area (Å²) in [7, 11) is 0. The molecule has 1 aromatic heterocycles. The fraction of sp³-hybridized carbons (Fsp3) is 0.125. The van der Waals surface area contributed by atoms with E-state index in [4.69, 9.17) is 5.11 Å². The Morgan fingerprint density at radius 1 is 1.54 bits per heavy atom. The number of nitrogens with zero attached hydrogens (tertiary/aromatic N) is 1. The van der Waals surface area contributed by atoms with Gasteiger partial charge in [-0.2, -0.15) is 0 Å². The first-order valence-corrected chi connectivity index (χ1v) is 6.98. The fourth-order valence-electron chi connectivity index (χ4n) is 0.580. The fourth-order valence-corrected chi connectivity index (χ4v) is 0.814. The molecule has 1 heterocycles. The van der Waals surface area contributed by atoms with Crippen molar-refractivity contribution >= 4 is 36.3 Å². The van der Waals surface area contributed by atoms with Gasteiger partial charge in [0.15, 0.2) is 0 Å². The molecule has 1 rings (SSSR count). The van der Waals surface area contributed by atoms with Crippen molar-refractivity contribution in [1.82, 2.24) is 4.98 Å². The average Bonchev–Trinajstić information content (AvgIpc) is 2.20. The van der Waals surface area contributed by atoms with E-state index in [-0.39, 0.29) is 6.61 Å². The molecule has 0 unspecified atom stereocenters. The molecule has 0 spiro atoms. The standard InChI is InChI=1S/C8H6BrNO.Cu.HI/c9-7-3-4-8(10-6-7)2-1-5-11;;/h3-4,6,11H,5H2;;1H/q;+1;/p-1. The third-order valence-corrected chi connectivity index (χ3v) is 1.49. The van der Waals surface area contributed by atoms with E-state index in [1.807, 2.05) is 6.07 Å². The number of pyridine rings is 1. The van der Waals surface area contributed by atoms with E-state index >= 15 is 0 Å². The summed E-state index contributed by atoms with van der Waals surface area (Å²) in [4.78, 5) is 3.98. The van der Waals surface area contributed by atoms with Gasteiger partial charge in [0.25, 0.3) is 0 Å². The Bertz CT molecular complexity index is 293. The molecule has 2 nitrogen and oxygen atoms in total. The molecule has 0 fully saturated rings. The zero-order valence-corrected chi connectivity index (χ0v) is 11.1. The van der Waals surface area contributed by atoms with Crippen LogP contribution in [0.15, 0.2) is 22.8 Å². The Kier molecular flexibility index (Phi) is 9.25. The predicted octanol–water partition coefficient (Wildman–Crippen LogP) is 2.07. The first-order valence-electron chi connectivity index (χ1n) is 3.15. The minimum atomic E-state index is -0.127. The number of halogens is 2. The van der Waals surface area contributed by atoms with Crippen molar-refractivity contribution in [3.63, 3.8) is 0 Å². The van der Waals surface area contributed by atoms with E-state index < -0.39 is 0 Å². The zero-order chi connectivity index (χ0) is 10.1. The van der Waals surface area contributed by atoms with Crippen molar-refractivity contribution in [3.8, 4) is 11.8 Å². The van der Waals surface area contributed by atoms with Crippen molar-refractivity contribution in [1.29, 1.82) is 0 Å². The van der Waals surface area contributed by atoms with Crippen LogP contribution in [-0.4, -0.2) is 16.7 Å². The number of hydrogen-bond donors (Lipinski definition) is 1. The summed E-state index contributed by atoms with van der Waals surface area (Å²) in [6.45, 7) is -0.127. The van der Waals surface area contributed by atoms with E-state index in [2.05, 4.69) is 45.5 Å². The molecule has 5 heteroatoms. The Hall–Kier alpha value is 0.399. The maximum absolute atomic E-state index is 8.37. The average molecular weight is 402 g/mol. The number of aliphatic hydroxyl groups excluding tert-OH is 1.